The largest absolute Gasteiger partial charge is 0.319 e. The summed E-state index contributed by atoms with van der Waals surface area (Å²) < 4.78 is 2.87. The molecule has 0 amide bonds. The van der Waals surface area contributed by atoms with Crippen molar-refractivity contribution in [3.63, 3.8) is 0 Å². The number of nitrogens with one attached hydrogen (secondary N) is 1. The molecule has 0 radical (unpaired) electrons. The van der Waals surface area contributed by atoms with Crippen molar-refractivity contribution in [1.82, 2.24) is 14.7 Å². The summed E-state index contributed by atoms with van der Waals surface area (Å²) in [4.78, 5) is 4.18. The molecule has 1 N–H and O–H groups in total. The molecule has 0 spiro atoms. The van der Waals surface area contributed by atoms with Crippen molar-refractivity contribution in [2.45, 2.75) is 6.42 Å². The third-order valence-corrected chi connectivity index (χ3v) is 2.80. The highest BCUT2D eigenvalue weighted by Crippen LogP contribution is 2.13. The van der Waals surface area contributed by atoms with Gasteiger partial charge in [0.05, 0.1) is 11.7 Å². The zero-order valence-electron chi connectivity index (χ0n) is 8.00. The van der Waals surface area contributed by atoms with Crippen LogP contribution in [0.25, 0.3) is 5.52 Å². The molecule has 0 aliphatic heterocycles. The number of likely N-dealkylation sites (N-methyl/N-ethyl adjacent to an activating group) is 1. The van der Waals surface area contributed by atoms with Gasteiger partial charge < -0.3 is 5.32 Å². The molecule has 2 aromatic rings. The Labute approximate surface area is 91.3 Å². The highest BCUT2D eigenvalue weighted by molar-refractivity contribution is 9.10. The van der Waals surface area contributed by atoms with E-state index in [-0.39, 0.29) is 0 Å². The molecule has 0 aliphatic carbocycles. The maximum atomic E-state index is 4.18. The van der Waals surface area contributed by atoms with E-state index < -0.39 is 0 Å². The van der Waals surface area contributed by atoms with E-state index in [0.717, 1.165) is 23.2 Å². The van der Waals surface area contributed by atoms with Gasteiger partial charge in [0.15, 0.2) is 4.73 Å². The van der Waals surface area contributed by atoms with Crippen molar-refractivity contribution in [3.8, 4) is 0 Å². The Bertz CT molecular complexity index is 436. The molecule has 0 aliphatic rings. The van der Waals surface area contributed by atoms with Crippen molar-refractivity contribution < 1.29 is 0 Å². The molecular formula is C10H12BrN3. The number of rotatable bonds is 3. The van der Waals surface area contributed by atoms with E-state index in [1.165, 1.54) is 5.56 Å². The molecule has 0 bridgehead atoms. The average Bonchev–Trinajstić information content (AvgIpc) is 2.57. The van der Waals surface area contributed by atoms with Gasteiger partial charge >= 0.3 is 0 Å². The van der Waals surface area contributed by atoms with E-state index in [1.807, 2.05) is 23.8 Å². The number of nitrogens with zero attached hydrogens (tertiary/aromatic N) is 2. The first kappa shape index (κ1) is 9.68. The SMILES string of the molecule is CNCCc1ccn2c(Br)ncc2c1. The normalized spacial score (nSPS) is 11.0. The summed E-state index contributed by atoms with van der Waals surface area (Å²) in [6.45, 7) is 1.01. The van der Waals surface area contributed by atoms with Crippen LogP contribution in [0.2, 0.25) is 0 Å². The fourth-order valence-corrected chi connectivity index (χ4v) is 1.86. The zero-order valence-corrected chi connectivity index (χ0v) is 9.58. The Hall–Kier alpha value is -0.870. The van der Waals surface area contributed by atoms with Crippen LogP contribution >= 0.6 is 15.9 Å². The molecule has 0 atom stereocenters. The van der Waals surface area contributed by atoms with Gasteiger partial charge in [-0.05, 0) is 53.6 Å². The number of fused-ring (bicyclic) bond motifs is 1. The summed E-state index contributed by atoms with van der Waals surface area (Å²) >= 11 is 3.38. The summed E-state index contributed by atoms with van der Waals surface area (Å²) in [5.41, 5.74) is 2.46. The van der Waals surface area contributed by atoms with Crippen molar-refractivity contribution in [3.05, 3.63) is 34.8 Å². The highest BCUT2D eigenvalue weighted by atomic mass is 79.9. The number of imidazole rings is 1. The molecule has 2 aromatic heterocycles. The van der Waals surface area contributed by atoms with Crippen LogP contribution < -0.4 is 5.32 Å². The van der Waals surface area contributed by atoms with Crippen LogP contribution in [0.1, 0.15) is 5.56 Å². The predicted molar refractivity (Wildman–Crippen MR) is 60.5 cm³/mol. The Kier molecular flexibility index (Phi) is 2.84. The molecule has 3 nitrogen and oxygen atoms in total. The molecule has 2 heterocycles. The van der Waals surface area contributed by atoms with Gasteiger partial charge in [-0.25, -0.2) is 4.98 Å². The minimum Gasteiger partial charge on any atom is -0.319 e. The molecule has 0 fully saturated rings. The van der Waals surface area contributed by atoms with E-state index in [1.54, 1.807) is 0 Å². The van der Waals surface area contributed by atoms with E-state index in [4.69, 9.17) is 0 Å². The lowest BCUT2D eigenvalue weighted by molar-refractivity contribution is 0.791. The van der Waals surface area contributed by atoms with Gasteiger partial charge in [0.25, 0.3) is 0 Å². The molecule has 4 heteroatoms. The maximum Gasteiger partial charge on any atom is 0.181 e. The topological polar surface area (TPSA) is 29.3 Å². The summed E-state index contributed by atoms with van der Waals surface area (Å²) in [5.74, 6) is 0. The van der Waals surface area contributed by atoms with Crippen LogP contribution in [0.4, 0.5) is 0 Å². The van der Waals surface area contributed by atoms with Crippen LogP contribution in [0.3, 0.4) is 0 Å². The minimum atomic E-state index is 0.854. The van der Waals surface area contributed by atoms with Gasteiger partial charge in [0, 0.05) is 6.20 Å². The van der Waals surface area contributed by atoms with Crippen molar-refractivity contribution in [1.29, 1.82) is 0 Å². The minimum absolute atomic E-state index is 0.854. The third kappa shape index (κ3) is 1.81. The van der Waals surface area contributed by atoms with Crippen LogP contribution in [0.15, 0.2) is 29.3 Å². The first-order valence-corrected chi connectivity index (χ1v) is 5.36. The highest BCUT2D eigenvalue weighted by Gasteiger charge is 2.00. The average molecular weight is 254 g/mol. The first-order valence-electron chi connectivity index (χ1n) is 4.57. The van der Waals surface area contributed by atoms with Crippen molar-refractivity contribution in [2.75, 3.05) is 13.6 Å². The second-order valence-corrected chi connectivity index (χ2v) is 3.92. The lowest BCUT2D eigenvalue weighted by Gasteiger charge is -2.01. The number of halogens is 1. The molecular weight excluding hydrogens is 242 g/mol. The standard InChI is InChI=1S/C10H12BrN3/c1-12-4-2-8-3-5-14-9(6-8)7-13-10(14)11/h3,5-7,12H,2,4H2,1H3. The van der Waals surface area contributed by atoms with Crippen LogP contribution in [0, 0.1) is 0 Å². The summed E-state index contributed by atoms with van der Waals surface area (Å²) in [5, 5.41) is 3.14. The van der Waals surface area contributed by atoms with Crippen LogP contribution in [-0.2, 0) is 6.42 Å². The second-order valence-electron chi connectivity index (χ2n) is 3.21. The Morgan fingerprint density at radius 2 is 2.43 bits per heavy atom. The fourth-order valence-electron chi connectivity index (χ4n) is 1.44. The van der Waals surface area contributed by atoms with Crippen molar-refractivity contribution in [2.24, 2.45) is 0 Å². The van der Waals surface area contributed by atoms with Gasteiger partial charge in [0.1, 0.15) is 0 Å². The Morgan fingerprint density at radius 1 is 1.57 bits per heavy atom. The molecule has 0 saturated carbocycles. The maximum absolute atomic E-state index is 4.18. The van der Waals surface area contributed by atoms with Crippen molar-refractivity contribution >= 4 is 21.4 Å². The second kappa shape index (κ2) is 4.11. The van der Waals surface area contributed by atoms with E-state index in [0.29, 0.717) is 0 Å². The number of hydrogen-bond acceptors (Lipinski definition) is 2. The van der Waals surface area contributed by atoms with Gasteiger partial charge in [-0.1, -0.05) is 0 Å². The Balaban J connectivity index is 2.32. The first-order chi connectivity index (χ1) is 6.81. The summed E-state index contributed by atoms with van der Waals surface area (Å²) in [7, 11) is 1.97. The predicted octanol–water partition coefficient (Wildman–Crippen LogP) is 1.86. The summed E-state index contributed by atoms with van der Waals surface area (Å²) in [6, 6.07) is 4.28. The fraction of sp³-hybridized carbons (Fsp3) is 0.300. The lowest BCUT2D eigenvalue weighted by atomic mass is 10.2. The van der Waals surface area contributed by atoms with Gasteiger partial charge in [-0.15, -0.1) is 0 Å². The zero-order chi connectivity index (χ0) is 9.97. The quantitative estimate of drug-likeness (QED) is 0.905. The summed E-state index contributed by atoms with van der Waals surface area (Å²) in [6.07, 6.45) is 4.96. The third-order valence-electron chi connectivity index (χ3n) is 2.21. The van der Waals surface area contributed by atoms with E-state index in [2.05, 4.69) is 38.4 Å². The molecule has 2 rings (SSSR count). The van der Waals surface area contributed by atoms with E-state index >= 15 is 0 Å². The molecule has 0 aromatic carbocycles. The number of hydrogen-bond donors (Lipinski definition) is 1. The van der Waals surface area contributed by atoms with Crippen LogP contribution in [-0.4, -0.2) is 23.0 Å². The van der Waals surface area contributed by atoms with E-state index in [9.17, 15) is 0 Å². The molecule has 0 unspecified atom stereocenters. The van der Waals surface area contributed by atoms with Crippen LogP contribution in [0.5, 0.6) is 0 Å². The molecule has 74 valence electrons. The van der Waals surface area contributed by atoms with Gasteiger partial charge in [-0.3, -0.25) is 4.40 Å². The number of aromatic nitrogens is 2. The monoisotopic (exact) mass is 253 g/mol. The van der Waals surface area contributed by atoms with Gasteiger partial charge in [0.2, 0.25) is 0 Å². The Morgan fingerprint density at radius 3 is 3.21 bits per heavy atom. The smallest absolute Gasteiger partial charge is 0.181 e. The molecule has 0 saturated heterocycles. The van der Waals surface area contributed by atoms with Gasteiger partial charge in [-0.2, -0.15) is 0 Å². The molecule has 14 heavy (non-hydrogen) atoms. The lowest BCUT2D eigenvalue weighted by Crippen LogP contribution is -2.10. The number of pyridine rings is 1.